The molecule has 0 radical (unpaired) electrons. The molecule has 3 N–H and O–H groups in total. The second-order valence-corrected chi connectivity index (χ2v) is 5.43. The quantitative estimate of drug-likeness (QED) is 0.391. The van der Waals surface area contributed by atoms with E-state index in [2.05, 4.69) is 42.5 Å². The molecule has 0 unspecified atom stereocenters. The number of thiocarbonyl (C=S) groups is 1. The first-order chi connectivity index (χ1) is 8.86. The summed E-state index contributed by atoms with van der Waals surface area (Å²) < 4.78 is 8.88. The topological polar surface area (TPSA) is 77.8 Å². The number of benzene rings is 2. The summed E-state index contributed by atoms with van der Waals surface area (Å²) in [5.41, 5.74) is 2.46. The van der Waals surface area contributed by atoms with Gasteiger partial charge < -0.3 is 14.7 Å². The lowest BCUT2D eigenvalue weighted by Gasteiger charge is -2.12. The third kappa shape index (κ3) is 4.46. The number of allylic oxidation sites excluding steroid dienone is 1. The van der Waals surface area contributed by atoms with E-state index in [1.165, 1.54) is 21.9 Å². The molecule has 1 aliphatic carbocycles. The minimum Gasteiger partial charge on any atom is -0.303 e. The summed E-state index contributed by atoms with van der Waals surface area (Å²) in [7, 11) is -4.64. The van der Waals surface area contributed by atoms with Crippen LogP contribution in [0.3, 0.4) is 0 Å². The Morgan fingerprint density at radius 3 is 2.10 bits per heavy atom. The van der Waals surface area contributed by atoms with Crippen molar-refractivity contribution in [3.63, 3.8) is 0 Å². The Balaban J connectivity index is 0.000000293. The third-order valence-electron chi connectivity index (χ3n) is 2.62. The second kappa shape index (κ2) is 6.91. The molecule has 20 heavy (non-hydrogen) atoms. The molecule has 0 bridgehead atoms. The zero-order valence-corrected chi connectivity index (χ0v) is 11.4. The minimum absolute atomic E-state index is 0. The van der Waals surface area contributed by atoms with Crippen molar-refractivity contribution >= 4 is 64.8 Å². The predicted octanol–water partition coefficient (Wildman–Crippen LogP) is 1.74. The number of hydrogen-bond acceptors (Lipinski definition) is 2. The van der Waals surface area contributed by atoms with Crippen LogP contribution in [0, 0.1) is 0 Å². The molecule has 0 aromatic heterocycles. The van der Waals surface area contributed by atoms with E-state index in [1.54, 1.807) is 0 Å². The minimum atomic E-state index is -4.64. The summed E-state index contributed by atoms with van der Waals surface area (Å²) >= 11 is 5.31. The van der Waals surface area contributed by atoms with E-state index in [-0.39, 0.29) is 23.1 Å². The van der Waals surface area contributed by atoms with E-state index in [0.29, 0.717) is 0 Å². The van der Waals surface area contributed by atoms with Gasteiger partial charge in [0.2, 0.25) is 0 Å². The van der Waals surface area contributed by atoms with E-state index < -0.39 is 7.82 Å². The van der Waals surface area contributed by atoms with Crippen LogP contribution in [0.2, 0.25) is 0 Å². The van der Waals surface area contributed by atoms with Crippen molar-refractivity contribution in [3.8, 4) is 0 Å². The van der Waals surface area contributed by atoms with E-state index in [1.807, 2.05) is 6.08 Å². The molecule has 0 amide bonds. The van der Waals surface area contributed by atoms with Crippen molar-refractivity contribution in [2.24, 2.45) is 0 Å². The van der Waals surface area contributed by atoms with Crippen molar-refractivity contribution in [3.05, 3.63) is 53.6 Å². The lowest BCUT2D eigenvalue weighted by molar-refractivity contribution is 0.275. The Kier molecular flexibility index (Phi) is 6.03. The van der Waals surface area contributed by atoms with E-state index in [4.69, 9.17) is 31.5 Å². The fourth-order valence-electron chi connectivity index (χ4n) is 1.97. The third-order valence-corrected chi connectivity index (χ3v) is 2.97. The van der Waals surface area contributed by atoms with Crippen LogP contribution in [0.1, 0.15) is 11.1 Å². The average molecular weight is 321 g/mol. The summed E-state index contributed by atoms with van der Waals surface area (Å²) in [4.78, 5) is 22.5. The standard InChI is InChI=1S/C13H8S.Mg.H3O4P.2H/c14-12-8-7-10-4-1-3-9-5-2-6-11(12)13(9)10;;1-5(2,3)4;;/h1-8H;;(H3,1,2,3,4);;. The Labute approximate surface area is 137 Å². The van der Waals surface area contributed by atoms with Crippen LogP contribution in [-0.4, -0.2) is 42.6 Å². The maximum atomic E-state index is 8.88. The summed E-state index contributed by atoms with van der Waals surface area (Å²) in [5.74, 6) is 0. The van der Waals surface area contributed by atoms with Crippen molar-refractivity contribution in [2.45, 2.75) is 0 Å². The Morgan fingerprint density at radius 2 is 1.50 bits per heavy atom. The van der Waals surface area contributed by atoms with Gasteiger partial charge in [0.25, 0.3) is 0 Å². The lowest BCUT2D eigenvalue weighted by Crippen LogP contribution is -1.99. The molecule has 4 nitrogen and oxygen atoms in total. The highest BCUT2D eigenvalue weighted by atomic mass is 32.1. The highest BCUT2D eigenvalue weighted by molar-refractivity contribution is 7.81. The molecule has 7 heteroatoms. The molecular weight excluding hydrogens is 307 g/mol. The molecule has 0 aliphatic heterocycles. The molecule has 0 spiro atoms. The normalized spacial score (nSPS) is 12.4. The van der Waals surface area contributed by atoms with Gasteiger partial charge in [-0.15, -0.1) is 0 Å². The van der Waals surface area contributed by atoms with Crippen molar-refractivity contribution in [2.75, 3.05) is 0 Å². The summed E-state index contributed by atoms with van der Waals surface area (Å²) in [5, 5.41) is 2.56. The first kappa shape index (κ1) is 17.5. The fraction of sp³-hybridized carbons (Fsp3) is 0. The molecule has 0 saturated carbocycles. The van der Waals surface area contributed by atoms with Gasteiger partial charge >= 0.3 is 30.9 Å². The van der Waals surface area contributed by atoms with Crippen LogP contribution in [-0.2, 0) is 4.57 Å². The van der Waals surface area contributed by atoms with Gasteiger partial charge in [-0.1, -0.05) is 54.7 Å². The highest BCUT2D eigenvalue weighted by Crippen LogP contribution is 2.28. The Morgan fingerprint density at radius 1 is 0.950 bits per heavy atom. The van der Waals surface area contributed by atoms with E-state index in [9.17, 15) is 0 Å². The van der Waals surface area contributed by atoms with Gasteiger partial charge in [0.1, 0.15) is 0 Å². The SMILES string of the molecule is O=P(O)(O)O.S=C1C=Cc2cccc3cccc1c23.[MgH2]. The summed E-state index contributed by atoms with van der Waals surface area (Å²) in [6.45, 7) is 0. The van der Waals surface area contributed by atoms with Crippen molar-refractivity contribution < 1.29 is 19.2 Å². The largest absolute Gasteiger partial charge is 0.466 e. The predicted molar refractivity (Wildman–Crippen MR) is 87.5 cm³/mol. The smallest absolute Gasteiger partial charge is 0.303 e. The van der Waals surface area contributed by atoms with Gasteiger partial charge in [-0.3, -0.25) is 0 Å². The van der Waals surface area contributed by atoms with Gasteiger partial charge in [-0.25, -0.2) is 4.57 Å². The molecule has 2 aromatic carbocycles. The van der Waals surface area contributed by atoms with Crippen LogP contribution in [0.15, 0.2) is 42.5 Å². The fourth-order valence-corrected chi connectivity index (χ4v) is 2.21. The molecule has 0 atom stereocenters. The molecule has 3 rings (SSSR count). The maximum Gasteiger partial charge on any atom is 0.466 e. The van der Waals surface area contributed by atoms with Crippen LogP contribution >= 0.6 is 20.0 Å². The molecular formula is C13H13MgO4PS. The molecule has 0 fully saturated rings. The Bertz CT molecular complexity index is 710. The van der Waals surface area contributed by atoms with Gasteiger partial charge in [-0.2, -0.15) is 0 Å². The number of rotatable bonds is 0. The second-order valence-electron chi connectivity index (χ2n) is 3.96. The van der Waals surface area contributed by atoms with Crippen molar-refractivity contribution in [1.82, 2.24) is 0 Å². The van der Waals surface area contributed by atoms with Crippen molar-refractivity contribution in [1.29, 1.82) is 0 Å². The number of hydrogen-bond donors (Lipinski definition) is 3. The summed E-state index contributed by atoms with van der Waals surface area (Å²) in [6, 6.07) is 12.6. The first-order valence-electron chi connectivity index (χ1n) is 5.39. The van der Waals surface area contributed by atoms with E-state index in [0.717, 1.165) is 4.86 Å². The van der Waals surface area contributed by atoms with Gasteiger partial charge in [0.05, 0.1) is 0 Å². The van der Waals surface area contributed by atoms with Crippen LogP contribution in [0.4, 0.5) is 0 Å². The van der Waals surface area contributed by atoms with Gasteiger partial charge in [0, 0.05) is 10.4 Å². The number of phosphoric acid groups is 1. The molecule has 0 heterocycles. The summed E-state index contributed by atoms with van der Waals surface area (Å²) in [6.07, 6.45) is 4.10. The zero-order valence-electron chi connectivity index (χ0n) is 9.72. The molecule has 102 valence electrons. The highest BCUT2D eigenvalue weighted by Gasteiger charge is 2.10. The Hall–Kier alpha value is -0.594. The molecule has 0 saturated heterocycles. The van der Waals surface area contributed by atoms with E-state index >= 15 is 0 Å². The van der Waals surface area contributed by atoms with Gasteiger partial charge in [-0.05, 0) is 22.4 Å². The van der Waals surface area contributed by atoms with Crippen LogP contribution in [0.5, 0.6) is 0 Å². The average Bonchev–Trinajstić information content (AvgIpc) is 2.32. The lowest BCUT2D eigenvalue weighted by atomic mass is 9.93. The van der Waals surface area contributed by atoms with Crippen LogP contribution in [0.25, 0.3) is 16.8 Å². The van der Waals surface area contributed by atoms with Crippen LogP contribution < -0.4 is 0 Å². The monoisotopic (exact) mass is 320 g/mol. The first-order valence-corrected chi connectivity index (χ1v) is 7.36. The molecule has 1 aliphatic rings. The maximum absolute atomic E-state index is 8.88. The van der Waals surface area contributed by atoms with Gasteiger partial charge in [0.15, 0.2) is 0 Å². The molecule has 2 aromatic rings. The zero-order chi connectivity index (χ0) is 14.0.